The van der Waals surface area contributed by atoms with Gasteiger partial charge in [-0.2, -0.15) is 0 Å². The second-order valence-corrected chi connectivity index (χ2v) is 7.61. The average Bonchev–Trinajstić information content (AvgIpc) is 2.35. The zero-order chi connectivity index (χ0) is 14.3. The Labute approximate surface area is 118 Å². The Balaban J connectivity index is 2.28. The number of allylic oxidation sites excluding steroid dienone is 1. The van der Waals surface area contributed by atoms with Gasteiger partial charge < -0.3 is 4.79 Å². The molecule has 0 aliphatic heterocycles. The molecule has 0 unspecified atom stereocenters. The lowest BCUT2D eigenvalue weighted by atomic mass is 9.46. The average molecular weight is 262 g/mol. The molecule has 0 bridgehead atoms. The van der Waals surface area contributed by atoms with Crippen molar-refractivity contribution in [3.05, 3.63) is 12.2 Å². The number of rotatable bonds is 3. The first-order valence-electron chi connectivity index (χ1n) is 7.98. The maximum atomic E-state index is 11.4. The normalized spacial score (nSPS) is 42.8. The van der Waals surface area contributed by atoms with E-state index in [2.05, 4.69) is 27.4 Å². The van der Waals surface area contributed by atoms with Gasteiger partial charge in [0.2, 0.25) is 0 Å². The van der Waals surface area contributed by atoms with Crippen LogP contribution in [0.1, 0.15) is 72.6 Å². The summed E-state index contributed by atoms with van der Waals surface area (Å²) >= 11 is 0. The zero-order valence-corrected chi connectivity index (χ0v) is 13.2. The van der Waals surface area contributed by atoms with Crippen LogP contribution in [0.15, 0.2) is 12.2 Å². The summed E-state index contributed by atoms with van der Waals surface area (Å²) in [7, 11) is 0. The SMILES string of the molecule is C=C1CCC[C@@H]2[C@@](C)(CCC(C)=O)[C@H](C)CC[C@@]12C. The van der Waals surface area contributed by atoms with Crippen molar-refractivity contribution in [2.24, 2.45) is 22.7 Å². The molecule has 2 fully saturated rings. The molecule has 4 atom stereocenters. The van der Waals surface area contributed by atoms with Crippen molar-refractivity contribution in [2.45, 2.75) is 72.6 Å². The van der Waals surface area contributed by atoms with Crippen molar-refractivity contribution in [1.82, 2.24) is 0 Å². The first-order chi connectivity index (χ1) is 8.80. The molecule has 2 saturated carbocycles. The number of Topliss-reactive ketones (excluding diaryl/α,β-unsaturated/α-hetero) is 1. The van der Waals surface area contributed by atoms with E-state index >= 15 is 0 Å². The van der Waals surface area contributed by atoms with E-state index < -0.39 is 0 Å². The molecule has 0 aromatic heterocycles. The van der Waals surface area contributed by atoms with E-state index in [-0.39, 0.29) is 0 Å². The third-order valence-electron chi connectivity index (χ3n) is 6.58. The van der Waals surface area contributed by atoms with Gasteiger partial charge in [0.15, 0.2) is 0 Å². The van der Waals surface area contributed by atoms with Crippen molar-refractivity contribution in [1.29, 1.82) is 0 Å². The lowest BCUT2D eigenvalue weighted by Gasteiger charge is -2.58. The second-order valence-electron chi connectivity index (χ2n) is 7.61. The van der Waals surface area contributed by atoms with E-state index in [9.17, 15) is 4.79 Å². The molecular weight excluding hydrogens is 232 g/mol. The molecule has 2 rings (SSSR count). The smallest absolute Gasteiger partial charge is 0.129 e. The Morgan fingerprint density at radius 1 is 1.37 bits per heavy atom. The highest BCUT2D eigenvalue weighted by Crippen LogP contribution is 2.62. The summed E-state index contributed by atoms with van der Waals surface area (Å²) in [6.07, 6.45) is 8.24. The van der Waals surface area contributed by atoms with Gasteiger partial charge in [-0.3, -0.25) is 0 Å². The Hall–Kier alpha value is -0.590. The minimum Gasteiger partial charge on any atom is -0.300 e. The van der Waals surface area contributed by atoms with E-state index in [1.165, 1.54) is 37.7 Å². The Bertz CT molecular complexity index is 383. The minimum atomic E-state index is 0.321. The van der Waals surface area contributed by atoms with Crippen LogP contribution in [-0.4, -0.2) is 5.78 Å². The van der Waals surface area contributed by atoms with Crippen LogP contribution in [0.25, 0.3) is 0 Å². The molecule has 19 heavy (non-hydrogen) atoms. The standard InChI is InChI=1S/C18H30O/c1-13-7-6-8-16-17(13,4)11-9-14(2)18(16,5)12-10-15(3)19/h14,16H,1,6-12H2,2-5H3/t14-,16+,17+,18+/m1/s1. The van der Waals surface area contributed by atoms with E-state index in [1.807, 2.05) is 0 Å². The first-order valence-corrected chi connectivity index (χ1v) is 7.98. The van der Waals surface area contributed by atoms with Crippen LogP contribution < -0.4 is 0 Å². The number of hydrogen-bond acceptors (Lipinski definition) is 1. The number of ketones is 1. The van der Waals surface area contributed by atoms with Gasteiger partial charge in [0.1, 0.15) is 5.78 Å². The zero-order valence-electron chi connectivity index (χ0n) is 13.2. The third kappa shape index (κ3) is 2.41. The van der Waals surface area contributed by atoms with Gasteiger partial charge in [0.05, 0.1) is 0 Å². The van der Waals surface area contributed by atoms with Crippen LogP contribution in [0.2, 0.25) is 0 Å². The predicted octanol–water partition coefficient (Wildman–Crippen LogP) is 5.15. The molecule has 0 spiro atoms. The topological polar surface area (TPSA) is 17.1 Å². The molecule has 1 heteroatoms. The highest BCUT2D eigenvalue weighted by Gasteiger charge is 2.53. The molecule has 0 aromatic rings. The molecule has 0 heterocycles. The fourth-order valence-corrected chi connectivity index (χ4v) is 4.83. The van der Waals surface area contributed by atoms with Gasteiger partial charge in [0, 0.05) is 6.42 Å². The van der Waals surface area contributed by atoms with Crippen molar-refractivity contribution in [3.63, 3.8) is 0 Å². The Morgan fingerprint density at radius 2 is 2.05 bits per heavy atom. The van der Waals surface area contributed by atoms with Gasteiger partial charge in [-0.1, -0.05) is 32.9 Å². The molecule has 108 valence electrons. The quantitative estimate of drug-likeness (QED) is 0.642. The molecule has 0 saturated heterocycles. The van der Waals surface area contributed by atoms with Crippen molar-refractivity contribution >= 4 is 5.78 Å². The van der Waals surface area contributed by atoms with Gasteiger partial charge >= 0.3 is 0 Å². The summed E-state index contributed by atoms with van der Waals surface area (Å²) in [5, 5.41) is 0. The van der Waals surface area contributed by atoms with Crippen LogP contribution in [0.3, 0.4) is 0 Å². The molecule has 0 radical (unpaired) electrons. The third-order valence-corrected chi connectivity index (χ3v) is 6.58. The maximum Gasteiger partial charge on any atom is 0.129 e. The van der Waals surface area contributed by atoms with Crippen LogP contribution in [0, 0.1) is 22.7 Å². The van der Waals surface area contributed by atoms with Gasteiger partial charge in [-0.25, -0.2) is 0 Å². The molecule has 0 amide bonds. The lowest BCUT2D eigenvalue weighted by molar-refractivity contribution is -0.119. The number of hydrogen-bond donors (Lipinski definition) is 0. The number of carbonyl (C=O) groups excluding carboxylic acids is 1. The summed E-state index contributed by atoms with van der Waals surface area (Å²) in [4.78, 5) is 11.4. The predicted molar refractivity (Wildman–Crippen MR) is 81.0 cm³/mol. The van der Waals surface area contributed by atoms with Gasteiger partial charge in [0.25, 0.3) is 0 Å². The summed E-state index contributed by atoms with van der Waals surface area (Å²) in [6.45, 7) is 13.4. The van der Waals surface area contributed by atoms with Crippen molar-refractivity contribution in [2.75, 3.05) is 0 Å². The summed E-state index contributed by atoms with van der Waals surface area (Å²) < 4.78 is 0. The molecule has 2 aliphatic rings. The number of fused-ring (bicyclic) bond motifs is 1. The Kier molecular flexibility index (Phi) is 3.95. The van der Waals surface area contributed by atoms with Crippen LogP contribution in [0.5, 0.6) is 0 Å². The van der Waals surface area contributed by atoms with Crippen LogP contribution in [-0.2, 0) is 4.79 Å². The van der Waals surface area contributed by atoms with Gasteiger partial charge in [-0.05, 0) is 68.1 Å². The van der Waals surface area contributed by atoms with E-state index in [1.54, 1.807) is 6.92 Å². The van der Waals surface area contributed by atoms with E-state index in [0.29, 0.717) is 16.6 Å². The summed E-state index contributed by atoms with van der Waals surface area (Å²) in [5.41, 5.74) is 2.13. The van der Waals surface area contributed by atoms with E-state index in [4.69, 9.17) is 0 Å². The largest absolute Gasteiger partial charge is 0.300 e. The molecule has 0 aromatic carbocycles. The van der Waals surface area contributed by atoms with Crippen molar-refractivity contribution < 1.29 is 4.79 Å². The molecule has 0 N–H and O–H groups in total. The van der Waals surface area contributed by atoms with E-state index in [0.717, 1.165) is 24.7 Å². The Morgan fingerprint density at radius 3 is 2.68 bits per heavy atom. The fourth-order valence-electron chi connectivity index (χ4n) is 4.83. The molecule has 2 aliphatic carbocycles. The highest BCUT2D eigenvalue weighted by atomic mass is 16.1. The highest BCUT2D eigenvalue weighted by molar-refractivity contribution is 5.75. The maximum absolute atomic E-state index is 11.4. The first kappa shape index (κ1) is 14.8. The molecule has 1 nitrogen and oxygen atoms in total. The van der Waals surface area contributed by atoms with Crippen molar-refractivity contribution in [3.8, 4) is 0 Å². The number of carbonyl (C=O) groups is 1. The molecular formula is C18H30O. The fraction of sp³-hybridized carbons (Fsp3) is 0.833. The van der Waals surface area contributed by atoms with Crippen LogP contribution >= 0.6 is 0 Å². The van der Waals surface area contributed by atoms with Crippen LogP contribution in [0.4, 0.5) is 0 Å². The van der Waals surface area contributed by atoms with Gasteiger partial charge in [-0.15, -0.1) is 0 Å². The monoisotopic (exact) mass is 262 g/mol. The second kappa shape index (κ2) is 5.07. The summed E-state index contributed by atoms with van der Waals surface area (Å²) in [5.74, 6) is 1.80. The lowest BCUT2D eigenvalue weighted by Crippen LogP contribution is -2.50. The summed E-state index contributed by atoms with van der Waals surface area (Å²) in [6, 6.07) is 0. The minimum absolute atomic E-state index is 0.321.